The highest BCUT2D eigenvalue weighted by Crippen LogP contribution is 2.29. The van der Waals surface area contributed by atoms with Gasteiger partial charge in [0.05, 0.1) is 11.7 Å². The molecule has 0 spiro atoms. The molecule has 1 unspecified atom stereocenters. The van der Waals surface area contributed by atoms with Crippen LogP contribution in [0.15, 0.2) is 18.2 Å². The summed E-state index contributed by atoms with van der Waals surface area (Å²) in [7, 11) is 0. The number of benzene rings is 1. The molecule has 1 aromatic heterocycles. The molecule has 0 bridgehead atoms. The van der Waals surface area contributed by atoms with Crippen LogP contribution in [0.2, 0.25) is 5.02 Å². The Labute approximate surface area is 121 Å². The number of aryl methyl sites for hydroxylation is 2. The van der Waals surface area contributed by atoms with Crippen LogP contribution in [0.3, 0.4) is 0 Å². The Morgan fingerprint density at radius 2 is 2.11 bits per heavy atom. The van der Waals surface area contributed by atoms with Crippen molar-refractivity contribution in [3.63, 3.8) is 0 Å². The first kappa shape index (κ1) is 14.4. The lowest BCUT2D eigenvalue weighted by molar-refractivity contribution is 0.601. The minimum atomic E-state index is -0.324. The van der Waals surface area contributed by atoms with Gasteiger partial charge in [0.15, 0.2) is 0 Å². The van der Waals surface area contributed by atoms with E-state index in [1.54, 1.807) is 17.4 Å². The van der Waals surface area contributed by atoms with E-state index in [-0.39, 0.29) is 11.9 Å². The first-order valence-corrected chi connectivity index (χ1v) is 7.34. The monoisotopic (exact) mass is 298 g/mol. The highest BCUT2D eigenvalue weighted by Gasteiger charge is 2.19. The lowest BCUT2D eigenvalue weighted by Crippen LogP contribution is -2.22. The van der Waals surface area contributed by atoms with Crippen molar-refractivity contribution in [1.82, 2.24) is 10.3 Å². The smallest absolute Gasteiger partial charge is 0.125 e. The predicted molar refractivity (Wildman–Crippen MR) is 78.5 cm³/mol. The number of nitrogens with zero attached hydrogens (tertiary/aromatic N) is 1. The minimum Gasteiger partial charge on any atom is -0.305 e. The lowest BCUT2D eigenvalue weighted by Gasteiger charge is -2.16. The van der Waals surface area contributed by atoms with E-state index in [1.807, 2.05) is 20.8 Å². The topological polar surface area (TPSA) is 24.9 Å². The second-order valence-corrected chi connectivity index (χ2v) is 6.06. The van der Waals surface area contributed by atoms with Crippen LogP contribution in [0.1, 0.15) is 34.1 Å². The number of aromatic nitrogens is 1. The Kier molecular flexibility index (Phi) is 4.55. The van der Waals surface area contributed by atoms with Gasteiger partial charge in [-0.3, -0.25) is 0 Å². The number of halogens is 2. The number of hydrogen-bond donors (Lipinski definition) is 1. The second-order valence-electron chi connectivity index (χ2n) is 4.39. The van der Waals surface area contributed by atoms with Gasteiger partial charge in [-0.05, 0) is 44.2 Å². The third kappa shape index (κ3) is 3.32. The standard InChI is InChI=1S/C14H16ClFN2S/c1-4-17-13(14-18-8(2)9(3)19-14)10-5-11(15)7-12(16)6-10/h5-7,13,17H,4H2,1-3H3. The first-order chi connectivity index (χ1) is 9.01. The van der Waals surface area contributed by atoms with E-state index in [0.717, 1.165) is 22.8 Å². The van der Waals surface area contributed by atoms with Gasteiger partial charge < -0.3 is 5.32 Å². The lowest BCUT2D eigenvalue weighted by atomic mass is 10.1. The van der Waals surface area contributed by atoms with E-state index in [0.29, 0.717) is 5.02 Å². The first-order valence-electron chi connectivity index (χ1n) is 6.14. The van der Waals surface area contributed by atoms with Crippen molar-refractivity contribution in [2.24, 2.45) is 0 Å². The molecule has 2 nitrogen and oxygen atoms in total. The van der Waals surface area contributed by atoms with E-state index in [2.05, 4.69) is 10.3 Å². The van der Waals surface area contributed by atoms with Gasteiger partial charge in [0, 0.05) is 9.90 Å². The summed E-state index contributed by atoms with van der Waals surface area (Å²) in [5.74, 6) is -0.324. The molecule has 1 atom stereocenters. The van der Waals surface area contributed by atoms with Crippen molar-refractivity contribution >= 4 is 22.9 Å². The molecule has 19 heavy (non-hydrogen) atoms. The average molecular weight is 299 g/mol. The van der Waals surface area contributed by atoms with Crippen molar-refractivity contribution in [3.05, 3.63) is 50.2 Å². The normalized spacial score (nSPS) is 12.7. The van der Waals surface area contributed by atoms with E-state index < -0.39 is 0 Å². The fraction of sp³-hybridized carbons (Fsp3) is 0.357. The van der Waals surface area contributed by atoms with Gasteiger partial charge in [-0.15, -0.1) is 11.3 Å². The van der Waals surface area contributed by atoms with Gasteiger partial charge in [0.2, 0.25) is 0 Å². The summed E-state index contributed by atoms with van der Waals surface area (Å²) in [4.78, 5) is 5.74. The maximum Gasteiger partial charge on any atom is 0.125 e. The zero-order valence-corrected chi connectivity index (χ0v) is 12.7. The molecule has 2 aromatic rings. The SMILES string of the molecule is CCNC(c1cc(F)cc(Cl)c1)c1nc(C)c(C)s1. The highest BCUT2D eigenvalue weighted by molar-refractivity contribution is 7.11. The van der Waals surface area contributed by atoms with Gasteiger partial charge in [-0.25, -0.2) is 9.37 Å². The molecule has 0 fully saturated rings. The summed E-state index contributed by atoms with van der Waals surface area (Å²) in [6, 6.07) is 4.48. The number of nitrogens with one attached hydrogen (secondary N) is 1. The molecule has 1 aromatic carbocycles. The number of thiazole rings is 1. The van der Waals surface area contributed by atoms with Crippen molar-refractivity contribution in [3.8, 4) is 0 Å². The van der Waals surface area contributed by atoms with Gasteiger partial charge in [-0.1, -0.05) is 18.5 Å². The molecule has 0 aliphatic rings. The molecule has 0 amide bonds. The number of hydrogen-bond acceptors (Lipinski definition) is 3. The molecule has 0 aliphatic carbocycles. The van der Waals surface area contributed by atoms with Crippen LogP contribution < -0.4 is 5.32 Å². The minimum absolute atomic E-state index is 0.115. The van der Waals surface area contributed by atoms with Gasteiger partial charge >= 0.3 is 0 Å². The molecule has 0 aliphatic heterocycles. The third-order valence-electron chi connectivity index (χ3n) is 2.92. The summed E-state index contributed by atoms with van der Waals surface area (Å²) < 4.78 is 13.5. The average Bonchev–Trinajstić information content (AvgIpc) is 2.65. The molecule has 0 saturated heterocycles. The van der Waals surface area contributed by atoms with Crippen LogP contribution >= 0.6 is 22.9 Å². The van der Waals surface area contributed by atoms with E-state index in [1.165, 1.54) is 17.0 Å². The van der Waals surface area contributed by atoms with Crippen molar-refractivity contribution in [2.45, 2.75) is 26.8 Å². The quantitative estimate of drug-likeness (QED) is 0.912. The Morgan fingerprint density at radius 1 is 1.37 bits per heavy atom. The zero-order chi connectivity index (χ0) is 14.0. The highest BCUT2D eigenvalue weighted by atomic mass is 35.5. The molecule has 1 heterocycles. The second kappa shape index (κ2) is 5.99. The van der Waals surface area contributed by atoms with E-state index in [4.69, 9.17) is 11.6 Å². The fourth-order valence-corrected chi connectivity index (χ4v) is 3.17. The van der Waals surface area contributed by atoms with E-state index in [9.17, 15) is 4.39 Å². The summed E-state index contributed by atoms with van der Waals surface area (Å²) in [5.41, 5.74) is 1.83. The Balaban J connectivity index is 2.44. The molecular weight excluding hydrogens is 283 g/mol. The van der Waals surface area contributed by atoms with Gasteiger partial charge in [0.25, 0.3) is 0 Å². The molecule has 102 valence electrons. The van der Waals surface area contributed by atoms with Crippen LogP contribution in [-0.4, -0.2) is 11.5 Å². The summed E-state index contributed by atoms with van der Waals surface area (Å²) >= 11 is 7.56. The van der Waals surface area contributed by atoms with Crippen molar-refractivity contribution < 1.29 is 4.39 Å². The fourth-order valence-electron chi connectivity index (χ4n) is 1.91. The largest absolute Gasteiger partial charge is 0.305 e. The Hall–Kier alpha value is -0.970. The molecular formula is C14H16ClFN2S. The summed E-state index contributed by atoms with van der Waals surface area (Å²) in [6.07, 6.45) is 0. The molecule has 2 rings (SSSR count). The van der Waals surface area contributed by atoms with Gasteiger partial charge in [-0.2, -0.15) is 0 Å². The maximum absolute atomic E-state index is 13.5. The Bertz CT molecular complexity index is 543. The maximum atomic E-state index is 13.5. The summed E-state index contributed by atoms with van der Waals surface area (Å²) in [5, 5.41) is 4.68. The molecule has 0 saturated carbocycles. The van der Waals surface area contributed by atoms with Crippen LogP contribution in [0.5, 0.6) is 0 Å². The summed E-state index contributed by atoms with van der Waals surface area (Å²) in [6.45, 7) is 6.81. The Morgan fingerprint density at radius 3 is 2.63 bits per heavy atom. The van der Waals surface area contributed by atoms with E-state index >= 15 is 0 Å². The zero-order valence-electron chi connectivity index (χ0n) is 11.1. The van der Waals surface area contributed by atoms with Gasteiger partial charge in [0.1, 0.15) is 10.8 Å². The van der Waals surface area contributed by atoms with Crippen LogP contribution in [-0.2, 0) is 0 Å². The molecule has 0 radical (unpaired) electrons. The third-order valence-corrected chi connectivity index (χ3v) is 4.27. The van der Waals surface area contributed by atoms with Crippen LogP contribution in [0.25, 0.3) is 0 Å². The van der Waals surface area contributed by atoms with Crippen molar-refractivity contribution in [1.29, 1.82) is 0 Å². The predicted octanol–water partition coefficient (Wildman–Crippen LogP) is 4.25. The van der Waals surface area contributed by atoms with Crippen molar-refractivity contribution in [2.75, 3.05) is 6.54 Å². The van der Waals surface area contributed by atoms with Crippen LogP contribution in [0, 0.1) is 19.7 Å². The molecule has 1 N–H and O–H groups in total. The number of rotatable bonds is 4. The molecule has 5 heteroatoms. The van der Waals surface area contributed by atoms with Crippen LogP contribution in [0.4, 0.5) is 4.39 Å².